The third-order valence-corrected chi connectivity index (χ3v) is 6.10. The normalized spacial score (nSPS) is 11.5. The van der Waals surface area contributed by atoms with Crippen molar-refractivity contribution in [1.82, 2.24) is 4.57 Å². The lowest BCUT2D eigenvalue weighted by Crippen LogP contribution is -2.05. The second-order valence-corrected chi connectivity index (χ2v) is 7.95. The molecule has 26 heavy (non-hydrogen) atoms. The first-order valence-electron chi connectivity index (χ1n) is 9.00. The van der Waals surface area contributed by atoms with E-state index in [1.807, 2.05) is 6.21 Å². The average Bonchev–Trinajstić information content (AvgIpc) is 2.89. The summed E-state index contributed by atoms with van der Waals surface area (Å²) in [5.41, 5.74) is 9.91. The molecule has 0 aliphatic carbocycles. The second kappa shape index (κ2) is 7.78. The van der Waals surface area contributed by atoms with Crippen molar-refractivity contribution in [3.05, 3.63) is 79.7 Å². The van der Waals surface area contributed by atoms with Gasteiger partial charge in [-0.05, 0) is 97.7 Å². The van der Waals surface area contributed by atoms with Crippen LogP contribution in [0.2, 0.25) is 0 Å². The summed E-state index contributed by atoms with van der Waals surface area (Å²) >= 11 is 2.35. The van der Waals surface area contributed by atoms with Crippen molar-refractivity contribution in [2.45, 2.75) is 41.0 Å². The van der Waals surface area contributed by atoms with Crippen molar-refractivity contribution in [2.24, 2.45) is 4.99 Å². The summed E-state index contributed by atoms with van der Waals surface area (Å²) in [5.74, 6) is 0. The summed E-state index contributed by atoms with van der Waals surface area (Å²) in [7, 11) is 0. The Kier molecular flexibility index (Phi) is 5.66. The van der Waals surface area contributed by atoms with Crippen LogP contribution in [0.5, 0.6) is 0 Å². The van der Waals surface area contributed by atoms with Crippen LogP contribution in [-0.4, -0.2) is 10.8 Å². The smallest absolute Gasteiger partial charge is 0.0633 e. The Morgan fingerprint density at radius 2 is 1.77 bits per heavy atom. The topological polar surface area (TPSA) is 17.3 Å². The molecule has 0 aliphatic rings. The summed E-state index contributed by atoms with van der Waals surface area (Å²) < 4.78 is 3.64. The number of hydrogen-bond acceptors (Lipinski definition) is 1. The number of hydrogen-bond donors (Lipinski definition) is 0. The maximum atomic E-state index is 4.71. The van der Waals surface area contributed by atoms with Gasteiger partial charge in [0.15, 0.2) is 0 Å². The largest absolute Gasteiger partial charge is 0.317 e. The molecular formula is C23H25IN2. The third kappa shape index (κ3) is 3.63. The van der Waals surface area contributed by atoms with Crippen LogP contribution in [0.15, 0.2) is 47.5 Å². The van der Waals surface area contributed by atoms with Crippen molar-refractivity contribution in [2.75, 3.05) is 0 Å². The Labute approximate surface area is 170 Å². The maximum Gasteiger partial charge on any atom is 0.0633 e. The van der Waals surface area contributed by atoms with Gasteiger partial charge in [-0.15, -0.1) is 0 Å². The van der Waals surface area contributed by atoms with Crippen LogP contribution in [-0.2, 0) is 6.42 Å². The Hall–Kier alpha value is -1.88. The molecule has 0 amide bonds. The minimum absolute atomic E-state index is 0.998. The van der Waals surface area contributed by atoms with Gasteiger partial charge in [0.05, 0.1) is 11.4 Å². The van der Waals surface area contributed by atoms with Gasteiger partial charge in [0.1, 0.15) is 0 Å². The van der Waals surface area contributed by atoms with Crippen LogP contribution < -0.4 is 0 Å². The zero-order valence-electron chi connectivity index (χ0n) is 16.1. The molecule has 0 spiro atoms. The lowest BCUT2D eigenvalue weighted by molar-refractivity contribution is 0.926. The molecule has 0 bridgehead atoms. The van der Waals surface area contributed by atoms with Crippen molar-refractivity contribution >= 4 is 34.5 Å². The van der Waals surface area contributed by atoms with Gasteiger partial charge in [0.2, 0.25) is 0 Å². The van der Waals surface area contributed by atoms with Crippen LogP contribution >= 0.6 is 22.6 Å². The fourth-order valence-corrected chi connectivity index (χ4v) is 3.78. The monoisotopic (exact) mass is 456 g/mol. The highest BCUT2D eigenvalue weighted by Crippen LogP contribution is 2.27. The number of nitrogens with zero attached hydrogens (tertiary/aromatic N) is 2. The fourth-order valence-electron chi connectivity index (χ4n) is 3.44. The summed E-state index contributed by atoms with van der Waals surface area (Å²) in [5, 5.41) is 0. The number of aliphatic imine (C=N–C) groups is 1. The molecule has 0 radical (unpaired) electrons. The quantitative estimate of drug-likeness (QED) is 0.310. The molecule has 3 heteroatoms. The minimum atomic E-state index is 0.998. The van der Waals surface area contributed by atoms with E-state index in [9.17, 15) is 0 Å². The molecule has 0 saturated carbocycles. The van der Waals surface area contributed by atoms with E-state index in [2.05, 4.69) is 104 Å². The molecule has 2 nitrogen and oxygen atoms in total. The van der Waals surface area contributed by atoms with Gasteiger partial charge < -0.3 is 4.57 Å². The van der Waals surface area contributed by atoms with Crippen LogP contribution in [0.25, 0.3) is 5.69 Å². The highest BCUT2D eigenvalue weighted by molar-refractivity contribution is 14.1. The Morgan fingerprint density at radius 1 is 1.00 bits per heavy atom. The van der Waals surface area contributed by atoms with Gasteiger partial charge in [0.25, 0.3) is 0 Å². The third-order valence-electron chi connectivity index (χ3n) is 4.89. The average molecular weight is 456 g/mol. The molecule has 0 fully saturated rings. The first-order valence-corrected chi connectivity index (χ1v) is 10.1. The molecule has 0 aliphatic heterocycles. The molecule has 1 aromatic heterocycles. The van der Waals surface area contributed by atoms with Crippen LogP contribution in [0.1, 0.15) is 40.6 Å². The van der Waals surface area contributed by atoms with E-state index in [0.717, 1.165) is 12.1 Å². The standard InChI is InChI=1S/C23H25IN2/c1-6-19-9-7-8-15(2)23(19)26-17(4)13-20(18(26)5)14-25-21-10-11-22(24)16(3)12-21/h7-14H,6H2,1-5H3. The van der Waals surface area contributed by atoms with Gasteiger partial charge >= 0.3 is 0 Å². The first kappa shape index (κ1) is 18.9. The molecule has 0 N–H and O–H groups in total. The summed E-state index contributed by atoms with van der Waals surface area (Å²) in [4.78, 5) is 4.71. The van der Waals surface area contributed by atoms with Crippen molar-refractivity contribution in [1.29, 1.82) is 0 Å². The van der Waals surface area contributed by atoms with Gasteiger partial charge in [-0.1, -0.05) is 25.1 Å². The predicted octanol–water partition coefficient (Wildman–Crippen LogP) is 6.63. The number of para-hydroxylation sites is 1. The van der Waals surface area contributed by atoms with E-state index in [1.165, 1.54) is 42.9 Å². The van der Waals surface area contributed by atoms with Crippen LogP contribution in [0, 0.1) is 31.3 Å². The maximum absolute atomic E-state index is 4.71. The predicted molar refractivity (Wildman–Crippen MR) is 121 cm³/mol. The van der Waals surface area contributed by atoms with E-state index in [0.29, 0.717) is 0 Å². The van der Waals surface area contributed by atoms with E-state index in [1.54, 1.807) is 0 Å². The van der Waals surface area contributed by atoms with E-state index >= 15 is 0 Å². The zero-order chi connectivity index (χ0) is 18.8. The van der Waals surface area contributed by atoms with Crippen LogP contribution in [0.3, 0.4) is 0 Å². The lowest BCUT2D eigenvalue weighted by Gasteiger charge is -2.17. The van der Waals surface area contributed by atoms with Crippen molar-refractivity contribution in [3.8, 4) is 5.69 Å². The number of aromatic nitrogens is 1. The molecular weight excluding hydrogens is 431 g/mol. The number of rotatable bonds is 4. The number of benzene rings is 2. The minimum Gasteiger partial charge on any atom is -0.317 e. The first-order chi connectivity index (χ1) is 12.4. The highest BCUT2D eigenvalue weighted by Gasteiger charge is 2.14. The van der Waals surface area contributed by atoms with Crippen LogP contribution in [0.4, 0.5) is 5.69 Å². The van der Waals surface area contributed by atoms with Crippen molar-refractivity contribution < 1.29 is 0 Å². The van der Waals surface area contributed by atoms with E-state index in [-0.39, 0.29) is 0 Å². The lowest BCUT2D eigenvalue weighted by atomic mass is 10.1. The molecule has 1 heterocycles. The van der Waals surface area contributed by atoms with Gasteiger partial charge in [-0.2, -0.15) is 0 Å². The zero-order valence-corrected chi connectivity index (χ0v) is 18.3. The van der Waals surface area contributed by atoms with Gasteiger partial charge in [-0.3, -0.25) is 4.99 Å². The molecule has 3 rings (SSSR count). The van der Waals surface area contributed by atoms with E-state index in [4.69, 9.17) is 4.99 Å². The number of aryl methyl sites for hydroxylation is 4. The molecule has 134 valence electrons. The summed E-state index contributed by atoms with van der Waals surface area (Å²) in [6.07, 6.45) is 3.02. The SMILES string of the molecule is CCc1cccc(C)c1-n1c(C)cc(C=Nc2ccc(I)c(C)c2)c1C. The van der Waals surface area contributed by atoms with Gasteiger partial charge in [0, 0.05) is 26.7 Å². The molecule has 2 aromatic carbocycles. The number of halogens is 1. The Bertz CT molecular complexity index is 980. The second-order valence-electron chi connectivity index (χ2n) is 6.79. The van der Waals surface area contributed by atoms with E-state index < -0.39 is 0 Å². The molecule has 0 saturated heterocycles. The summed E-state index contributed by atoms with van der Waals surface area (Å²) in [6.45, 7) is 10.9. The van der Waals surface area contributed by atoms with Crippen molar-refractivity contribution in [3.63, 3.8) is 0 Å². The Balaban J connectivity index is 2.04. The highest BCUT2D eigenvalue weighted by atomic mass is 127. The molecule has 0 atom stereocenters. The molecule has 3 aromatic rings. The fraction of sp³-hybridized carbons (Fsp3) is 0.261. The Morgan fingerprint density at radius 3 is 2.46 bits per heavy atom. The molecule has 0 unspecified atom stereocenters. The summed E-state index contributed by atoms with van der Waals surface area (Å²) in [6, 6.07) is 15.1. The van der Waals surface area contributed by atoms with Gasteiger partial charge in [-0.25, -0.2) is 0 Å².